The number of rotatable bonds is 4. The number of hydrogen-bond acceptors (Lipinski definition) is 4. The molecule has 3 rings (SSSR count). The first-order valence-corrected chi connectivity index (χ1v) is 7.93. The van der Waals surface area contributed by atoms with Crippen LogP contribution < -0.4 is 5.32 Å². The molecule has 2 heterocycles. The van der Waals surface area contributed by atoms with Crippen LogP contribution in [0.15, 0.2) is 18.2 Å². The van der Waals surface area contributed by atoms with Crippen molar-refractivity contribution in [1.29, 1.82) is 0 Å². The van der Waals surface area contributed by atoms with Gasteiger partial charge in [-0.15, -0.1) is 0 Å². The molecule has 1 aliphatic rings. The number of thiazole rings is 1. The molecule has 1 fully saturated rings. The average molecular weight is 275 g/mol. The van der Waals surface area contributed by atoms with Crippen LogP contribution in [0, 0.1) is 6.92 Å². The van der Waals surface area contributed by atoms with Crippen molar-refractivity contribution in [3.63, 3.8) is 0 Å². The minimum atomic E-state index is 0.679. The van der Waals surface area contributed by atoms with Crippen LogP contribution in [0.25, 0.3) is 10.2 Å². The van der Waals surface area contributed by atoms with E-state index in [1.165, 1.54) is 29.6 Å². The van der Waals surface area contributed by atoms with Gasteiger partial charge in [0.15, 0.2) is 5.13 Å². The Morgan fingerprint density at radius 1 is 1.47 bits per heavy atom. The van der Waals surface area contributed by atoms with Gasteiger partial charge in [0.05, 0.1) is 10.2 Å². The number of nitrogens with zero attached hydrogens (tertiary/aromatic N) is 2. The lowest BCUT2D eigenvalue weighted by Gasteiger charge is -2.22. The number of hydrogen-bond donors (Lipinski definition) is 1. The van der Waals surface area contributed by atoms with Crippen LogP contribution in [-0.4, -0.2) is 35.6 Å². The van der Waals surface area contributed by atoms with Crippen molar-refractivity contribution >= 4 is 26.7 Å². The van der Waals surface area contributed by atoms with Crippen LogP contribution in [0.2, 0.25) is 0 Å². The largest absolute Gasteiger partial charge is 0.360 e. The van der Waals surface area contributed by atoms with Gasteiger partial charge in [0.1, 0.15) is 0 Å². The Labute approximate surface area is 118 Å². The predicted octanol–water partition coefficient (Wildman–Crippen LogP) is 3.50. The highest BCUT2D eigenvalue weighted by Crippen LogP contribution is 2.27. The number of fused-ring (bicyclic) bond motifs is 1. The van der Waals surface area contributed by atoms with Gasteiger partial charge in [-0.2, -0.15) is 0 Å². The maximum Gasteiger partial charge on any atom is 0.183 e. The molecular formula is C15H21N3S. The van der Waals surface area contributed by atoms with E-state index in [1.807, 2.05) is 0 Å². The Bertz CT molecular complexity index is 564. The lowest BCUT2D eigenvalue weighted by molar-refractivity contribution is 0.277. The highest BCUT2D eigenvalue weighted by Gasteiger charge is 2.22. The minimum Gasteiger partial charge on any atom is -0.360 e. The molecule has 0 bridgehead atoms. The molecule has 2 aromatic rings. The quantitative estimate of drug-likeness (QED) is 0.925. The zero-order valence-electron chi connectivity index (χ0n) is 11.6. The normalized spacial score (nSPS) is 20.2. The summed E-state index contributed by atoms with van der Waals surface area (Å²) in [7, 11) is 0. The molecule has 1 unspecified atom stereocenters. The van der Waals surface area contributed by atoms with Crippen LogP contribution in [0.3, 0.4) is 0 Å². The number of anilines is 1. The molecule has 1 aromatic carbocycles. The number of nitrogens with one attached hydrogen (secondary N) is 1. The number of aromatic nitrogens is 1. The Morgan fingerprint density at radius 2 is 2.37 bits per heavy atom. The summed E-state index contributed by atoms with van der Waals surface area (Å²) in [5.41, 5.74) is 2.41. The maximum atomic E-state index is 4.65. The lowest BCUT2D eigenvalue weighted by atomic mass is 10.2. The van der Waals surface area contributed by atoms with Crippen LogP contribution >= 0.6 is 11.3 Å². The summed E-state index contributed by atoms with van der Waals surface area (Å²) in [5, 5.41) is 4.58. The highest BCUT2D eigenvalue weighted by molar-refractivity contribution is 7.22. The van der Waals surface area contributed by atoms with Crippen molar-refractivity contribution in [1.82, 2.24) is 9.88 Å². The third-order valence-corrected chi connectivity index (χ3v) is 4.91. The van der Waals surface area contributed by atoms with E-state index in [2.05, 4.69) is 47.2 Å². The van der Waals surface area contributed by atoms with E-state index >= 15 is 0 Å². The molecule has 1 aromatic heterocycles. The van der Waals surface area contributed by atoms with Crippen molar-refractivity contribution < 1.29 is 0 Å². The van der Waals surface area contributed by atoms with Crippen LogP contribution in [0.4, 0.5) is 5.13 Å². The van der Waals surface area contributed by atoms with E-state index in [1.54, 1.807) is 11.3 Å². The van der Waals surface area contributed by atoms with Crippen molar-refractivity contribution in [2.24, 2.45) is 0 Å². The van der Waals surface area contributed by atoms with Crippen LogP contribution in [-0.2, 0) is 0 Å². The molecule has 0 spiro atoms. The first kappa shape index (κ1) is 12.9. The van der Waals surface area contributed by atoms with Gasteiger partial charge in [0.25, 0.3) is 0 Å². The Balaban J connectivity index is 1.68. The molecule has 1 saturated heterocycles. The average Bonchev–Trinajstić information content (AvgIpc) is 3.01. The van der Waals surface area contributed by atoms with Gasteiger partial charge in [0, 0.05) is 12.6 Å². The SMILES string of the molecule is CCN1CCCC1CNc1nc2ccc(C)cc2s1. The van der Waals surface area contributed by atoms with E-state index < -0.39 is 0 Å². The van der Waals surface area contributed by atoms with E-state index in [0.29, 0.717) is 6.04 Å². The molecule has 0 saturated carbocycles. The van der Waals surface area contributed by atoms with Crippen molar-refractivity contribution in [3.05, 3.63) is 23.8 Å². The Morgan fingerprint density at radius 3 is 3.21 bits per heavy atom. The highest BCUT2D eigenvalue weighted by atomic mass is 32.1. The van der Waals surface area contributed by atoms with Gasteiger partial charge in [-0.3, -0.25) is 4.90 Å². The van der Waals surface area contributed by atoms with Crippen molar-refractivity contribution in [2.45, 2.75) is 32.7 Å². The van der Waals surface area contributed by atoms with Gasteiger partial charge in [-0.1, -0.05) is 24.3 Å². The summed E-state index contributed by atoms with van der Waals surface area (Å²) in [5.74, 6) is 0. The second kappa shape index (κ2) is 5.47. The van der Waals surface area contributed by atoms with Gasteiger partial charge >= 0.3 is 0 Å². The number of aryl methyl sites for hydroxylation is 1. The lowest BCUT2D eigenvalue weighted by Crippen LogP contribution is -2.34. The summed E-state index contributed by atoms with van der Waals surface area (Å²) in [6, 6.07) is 7.13. The summed E-state index contributed by atoms with van der Waals surface area (Å²) >= 11 is 1.76. The maximum absolute atomic E-state index is 4.65. The topological polar surface area (TPSA) is 28.2 Å². The van der Waals surface area contributed by atoms with E-state index in [0.717, 1.165) is 23.7 Å². The summed E-state index contributed by atoms with van der Waals surface area (Å²) in [6.45, 7) is 7.81. The molecule has 1 aliphatic heterocycles. The first-order chi connectivity index (χ1) is 9.26. The zero-order chi connectivity index (χ0) is 13.2. The monoisotopic (exact) mass is 275 g/mol. The van der Waals surface area contributed by atoms with E-state index in [9.17, 15) is 0 Å². The standard InChI is InChI=1S/C15H21N3S/c1-3-18-8-4-5-12(18)10-16-15-17-13-7-6-11(2)9-14(13)19-15/h6-7,9,12H,3-5,8,10H2,1-2H3,(H,16,17). The second-order valence-electron chi connectivity index (χ2n) is 5.30. The first-order valence-electron chi connectivity index (χ1n) is 7.11. The van der Waals surface area contributed by atoms with Crippen molar-refractivity contribution in [2.75, 3.05) is 25.0 Å². The van der Waals surface area contributed by atoms with Gasteiger partial charge in [0.2, 0.25) is 0 Å². The van der Waals surface area contributed by atoms with Gasteiger partial charge in [-0.25, -0.2) is 4.98 Å². The van der Waals surface area contributed by atoms with Crippen LogP contribution in [0.1, 0.15) is 25.3 Å². The molecular weight excluding hydrogens is 254 g/mol. The molecule has 19 heavy (non-hydrogen) atoms. The Hall–Kier alpha value is -1.13. The van der Waals surface area contributed by atoms with Crippen molar-refractivity contribution in [3.8, 4) is 0 Å². The number of benzene rings is 1. The smallest absolute Gasteiger partial charge is 0.183 e. The zero-order valence-corrected chi connectivity index (χ0v) is 12.5. The molecule has 1 atom stereocenters. The number of likely N-dealkylation sites (N-methyl/N-ethyl adjacent to an activating group) is 1. The molecule has 3 nitrogen and oxygen atoms in total. The minimum absolute atomic E-state index is 0.679. The fourth-order valence-corrected chi connectivity index (χ4v) is 3.83. The summed E-state index contributed by atoms with van der Waals surface area (Å²) in [4.78, 5) is 7.21. The molecule has 0 radical (unpaired) electrons. The molecule has 0 amide bonds. The summed E-state index contributed by atoms with van der Waals surface area (Å²) in [6.07, 6.45) is 2.64. The fourth-order valence-electron chi connectivity index (χ4n) is 2.86. The third-order valence-electron chi connectivity index (χ3n) is 3.94. The molecule has 102 valence electrons. The summed E-state index contributed by atoms with van der Waals surface area (Å²) < 4.78 is 1.28. The Kier molecular flexibility index (Phi) is 3.71. The molecule has 4 heteroatoms. The second-order valence-corrected chi connectivity index (χ2v) is 6.33. The van der Waals surface area contributed by atoms with Gasteiger partial charge < -0.3 is 5.32 Å². The predicted molar refractivity (Wildman–Crippen MR) is 83.1 cm³/mol. The van der Waals surface area contributed by atoms with E-state index in [-0.39, 0.29) is 0 Å². The number of likely N-dealkylation sites (tertiary alicyclic amines) is 1. The van der Waals surface area contributed by atoms with Crippen LogP contribution in [0.5, 0.6) is 0 Å². The third kappa shape index (κ3) is 2.74. The molecule has 1 N–H and O–H groups in total. The van der Waals surface area contributed by atoms with Gasteiger partial charge in [-0.05, 0) is 50.6 Å². The molecule has 0 aliphatic carbocycles. The van der Waals surface area contributed by atoms with E-state index in [4.69, 9.17) is 0 Å². The fraction of sp³-hybridized carbons (Fsp3) is 0.533.